The molecule has 0 fully saturated rings. The van der Waals surface area contributed by atoms with Gasteiger partial charge in [-0.3, -0.25) is 0 Å². The van der Waals surface area contributed by atoms with Crippen LogP contribution in [-0.4, -0.2) is 14.5 Å². The summed E-state index contributed by atoms with van der Waals surface area (Å²) in [4.78, 5) is 10.3. The van der Waals surface area contributed by atoms with Crippen molar-refractivity contribution in [3.63, 3.8) is 0 Å². The molecule has 272 valence electrons. The zero-order valence-corrected chi connectivity index (χ0v) is 31.9. The average Bonchev–Trinajstić information content (AvgIpc) is 3.82. The Bertz CT molecular complexity index is 3090. The molecule has 10 rings (SSSR count). The lowest BCUT2D eigenvalue weighted by atomic mass is 9.99. The molecule has 0 atom stereocenters. The van der Waals surface area contributed by atoms with Crippen LogP contribution in [0.4, 0.5) is 0 Å². The Hall–Kier alpha value is -7.30. The Morgan fingerprint density at radius 3 is 1.79 bits per heavy atom. The molecule has 7 aromatic carbocycles. The van der Waals surface area contributed by atoms with Crippen LogP contribution in [0.3, 0.4) is 0 Å². The van der Waals surface area contributed by atoms with Crippen molar-refractivity contribution in [2.45, 2.75) is 20.3 Å². The smallest absolute Gasteiger partial charge is 0.164 e. The van der Waals surface area contributed by atoms with Crippen molar-refractivity contribution in [1.82, 2.24) is 14.5 Å². The normalized spacial score (nSPS) is 12.1. The lowest BCUT2D eigenvalue weighted by Crippen LogP contribution is -1.96. The summed E-state index contributed by atoms with van der Waals surface area (Å²) >= 11 is 0. The van der Waals surface area contributed by atoms with E-state index in [1.807, 2.05) is 36.4 Å². The molecule has 0 aliphatic rings. The van der Waals surface area contributed by atoms with E-state index < -0.39 is 0 Å². The van der Waals surface area contributed by atoms with Crippen molar-refractivity contribution in [2.75, 3.05) is 0 Å². The van der Waals surface area contributed by atoms with Gasteiger partial charge in [0.2, 0.25) is 0 Å². The third kappa shape index (κ3) is 6.03. The molecule has 0 saturated heterocycles. The Kier molecular flexibility index (Phi) is 8.65. The topological polar surface area (TPSA) is 43.9 Å². The van der Waals surface area contributed by atoms with Crippen molar-refractivity contribution >= 4 is 49.3 Å². The largest absolute Gasteiger partial charge is 0.453 e. The van der Waals surface area contributed by atoms with Gasteiger partial charge in [-0.2, -0.15) is 0 Å². The predicted octanol–water partition coefficient (Wildman–Crippen LogP) is 14.5. The quantitative estimate of drug-likeness (QED) is 0.146. The first-order chi connectivity index (χ1) is 28.2. The molecule has 0 aliphatic heterocycles. The zero-order chi connectivity index (χ0) is 38.3. The van der Waals surface area contributed by atoms with Crippen LogP contribution in [0.2, 0.25) is 0 Å². The molecule has 0 saturated carbocycles. The highest BCUT2D eigenvalue weighted by Crippen LogP contribution is 2.42. The van der Waals surface area contributed by atoms with E-state index in [1.165, 1.54) is 33.0 Å². The van der Waals surface area contributed by atoms with Gasteiger partial charge in [-0.05, 0) is 78.1 Å². The van der Waals surface area contributed by atoms with Crippen molar-refractivity contribution in [1.29, 1.82) is 0 Å². The third-order valence-corrected chi connectivity index (χ3v) is 10.8. The summed E-state index contributed by atoms with van der Waals surface area (Å²) < 4.78 is 9.45. The Labute approximate surface area is 331 Å². The second-order valence-electron chi connectivity index (χ2n) is 14.4. The number of para-hydroxylation sites is 2. The molecule has 0 spiro atoms. The summed E-state index contributed by atoms with van der Waals surface area (Å²) in [5, 5.41) is 4.45. The molecular weight excluding hydrogens is 695 g/mol. The second kappa shape index (κ2) is 14.4. The van der Waals surface area contributed by atoms with Crippen LogP contribution in [0.5, 0.6) is 0 Å². The summed E-state index contributed by atoms with van der Waals surface area (Å²) in [6, 6.07) is 59.7. The maximum Gasteiger partial charge on any atom is 0.164 e. The number of furan rings is 1. The highest BCUT2D eigenvalue weighted by Gasteiger charge is 2.21. The van der Waals surface area contributed by atoms with Crippen LogP contribution in [0.25, 0.3) is 100 Å². The molecule has 0 N–H and O–H groups in total. The fraction of sp³-hybridized carbons (Fsp3) is 0.0566. The first-order valence-corrected chi connectivity index (χ1v) is 19.6. The number of benzene rings is 7. The minimum atomic E-state index is 0.622. The average molecular weight is 734 g/mol. The molecule has 4 heteroatoms. The maximum absolute atomic E-state index is 7.08. The van der Waals surface area contributed by atoms with Crippen LogP contribution in [0.1, 0.15) is 25.8 Å². The number of rotatable bonds is 8. The number of fused-ring (bicyclic) bond motifs is 6. The van der Waals surface area contributed by atoms with Gasteiger partial charge in [0.15, 0.2) is 11.4 Å². The fourth-order valence-corrected chi connectivity index (χ4v) is 8.19. The Morgan fingerprint density at radius 2 is 1.14 bits per heavy atom. The molecule has 3 heterocycles. The molecule has 0 amide bonds. The van der Waals surface area contributed by atoms with Crippen LogP contribution < -0.4 is 0 Å². The van der Waals surface area contributed by atoms with Crippen LogP contribution in [0, 0.1) is 0 Å². The second-order valence-corrected chi connectivity index (χ2v) is 14.4. The highest BCUT2D eigenvalue weighted by atomic mass is 16.3. The number of hydrogen-bond acceptors (Lipinski definition) is 3. The van der Waals surface area contributed by atoms with Gasteiger partial charge in [0.05, 0.1) is 33.7 Å². The van der Waals surface area contributed by atoms with Gasteiger partial charge in [-0.25, -0.2) is 9.97 Å². The Morgan fingerprint density at radius 1 is 0.544 bits per heavy atom. The minimum absolute atomic E-state index is 0.622. The number of aromatic nitrogens is 3. The van der Waals surface area contributed by atoms with E-state index in [0.29, 0.717) is 5.82 Å². The lowest BCUT2D eigenvalue weighted by molar-refractivity contribution is 0.667. The summed E-state index contributed by atoms with van der Waals surface area (Å²) in [6.45, 7) is 4.27. The van der Waals surface area contributed by atoms with E-state index in [2.05, 4.69) is 170 Å². The summed E-state index contributed by atoms with van der Waals surface area (Å²) in [7, 11) is 0. The van der Waals surface area contributed by atoms with Gasteiger partial charge in [-0.1, -0.05) is 153 Å². The summed E-state index contributed by atoms with van der Waals surface area (Å²) in [6.07, 6.45) is 7.58. The molecule has 0 unspecified atom stereocenters. The van der Waals surface area contributed by atoms with Crippen molar-refractivity contribution in [3.8, 4) is 50.7 Å². The summed E-state index contributed by atoms with van der Waals surface area (Å²) in [5.74, 6) is 0.622. The van der Waals surface area contributed by atoms with E-state index >= 15 is 0 Å². The van der Waals surface area contributed by atoms with E-state index in [4.69, 9.17) is 14.4 Å². The van der Waals surface area contributed by atoms with Crippen LogP contribution in [0.15, 0.2) is 193 Å². The third-order valence-electron chi connectivity index (χ3n) is 10.8. The van der Waals surface area contributed by atoms with Gasteiger partial charge >= 0.3 is 0 Å². The van der Waals surface area contributed by atoms with Crippen molar-refractivity contribution in [3.05, 3.63) is 194 Å². The van der Waals surface area contributed by atoms with E-state index in [0.717, 1.165) is 73.2 Å². The molecule has 0 radical (unpaired) electrons. The fourth-order valence-electron chi connectivity index (χ4n) is 8.19. The van der Waals surface area contributed by atoms with Gasteiger partial charge in [0.25, 0.3) is 0 Å². The summed E-state index contributed by atoms with van der Waals surface area (Å²) in [5.41, 5.74) is 14.2. The Balaban J connectivity index is 1.21. The maximum atomic E-state index is 7.08. The van der Waals surface area contributed by atoms with Crippen LogP contribution in [-0.2, 0) is 0 Å². The van der Waals surface area contributed by atoms with Crippen molar-refractivity contribution < 1.29 is 4.42 Å². The number of allylic oxidation sites excluding steroid dienone is 4. The monoisotopic (exact) mass is 733 g/mol. The molecule has 4 nitrogen and oxygen atoms in total. The first-order valence-electron chi connectivity index (χ1n) is 19.6. The predicted molar refractivity (Wildman–Crippen MR) is 238 cm³/mol. The number of hydrogen-bond donors (Lipinski definition) is 0. The molecule has 3 aromatic heterocycles. The van der Waals surface area contributed by atoms with Gasteiger partial charge in [-0.15, -0.1) is 0 Å². The van der Waals surface area contributed by atoms with E-state index in [1.54, 1.807) is 0 Å². The van der Waals surface area contributed by atoms with Crippen LogP contribution >= 0.6 is 0 Å². The first kappa shape index (κ1) is 34.2. The zero-order valence-electron chi connectivity index (χ0n) is 31.9. The lowest BCUT2D eigenvalue weighted by Gasteiger charge is -2.10. The van der Waals surface area contributed by atoms with E-state index in [9.17, 15) is 0 Å². The van der Waals surface area contributed by atoms with Gasteiger partial charge < -0.3 is 8.98 Å². The standard InChI is InChI=1S/C53H39N3O/c1-3-16-35(17-4-2)39-28-30-48-44(32-39)45-33-40(36-18-8-5-9-19-36)29-31-49(45)56(48)50-27-15-25-42-41-24-14-26-43(51(41)57-52(42)50)53-54-46(37-20-10-6-11-21-37)34-47(55-53)38-22-12-7-13-23-38/h3,5-34H,4H2,1-2H3/b16-3-,35-17+. The molecule has 0 bridgehead atoms. The highest BCUT2D eigenvalue weighted by molar-refractivity contribution is 6.15. The van der Waals surface area contributed by atoms with E-state index in [-0.39, 0.29) is 0 Å². The number of nitrogens with zero attached hydrogens (tertiary/aromatic N) is 3. The minimum Gasteiger partial charge on any atom is -0.453 e. The molecular formula is C53H39N3O. The van der Waals surface area contributed by atoms with Gasteiger partial charge in [0.1, 0.15) is 5.58 Å². The van der Waals surface area contributed by atoms with Gasteiger partial charge in [0, 0.05) is 32.7 Å². The molecule has 10 aromatic rings. The molecule has 57 heavy (non-hydrogen) atoms. The SMILES string of the molecule is C/C=C\C(=C/CC)c1ccc2c(c1)c1cc(-c3ccccc3)ccc1n2-c1cccc2c1oc1c(-c3nc(-c4ccccc4)cc(-c4ccccc4)n3)cccc12. The van der Waals surface area contributed by atoms with Crippen molar-refractivity contribution in [2.24, 2.45) is 0 Å². The molecule has 0 aliphatic carbocycles.